The molecule has 0 aliphatic heterocycles. The van der Waals surface area contributed by atoms with E-state index in [1.54, 1.807) is 6.92 Å². The summed E-state index contributed by atoms with van der Waals surface area (Å²) >= 11 is 0. The minimum atomic E-state index is -0.515. The Balaban J connectivity index is 2.29. The van der Waals surface area contributed by atoms with Crippen LogP contribution in [0, 0.1) is 11.8 Å². The molecular formula is C11H20O3. The molecule has 0 N–H and O–H groups in total. The summed E-state index contributed by atoms with van der Waals surface area (Å²) < 4.78 is 9.93. The summed E-state index contributed by atoms with van der Waals surface area (Å²) in [5, 5.41) is 0. The summed E-state index contributed by atoms with van der Waals surface area (Å²) in [6, 6.07) is 0. The number of hydrogen-bond donors (Lipinski definition) is 0. The highest BCUT2D eigenvalue weighted by Gasteiger charge is 2.27. The Labute approximate surface area is 85.8 Å². The van der Waals surface area contributed by atoms with Crippen molar-refractivity contribution in [3.8, 4) is 0 Å². The molecule has 1 fully saturated rings. The Bertz CT molecular complexity index is 191. The minimum Gasteiger partial charge on any atom is -0.435 e. The molecule has 1 aliphatic rings. The zero-order chi connectivity index (χ0) is 10.6. The lowest BCUT2D eigenvalue weighted by atomic mass is 9.80. The Morgan fingerprint density at radius 1 is 1.29 bits per heavy atom. The van der Waals surface area contributed by atoms with E-state index >= 15 is 0 Å². The Hall–Kier alpha value is -0.730. The van der Waals surface area contributed by atoms with Gasteiger partial charge in [-0.25, -0.2) is 4.79 Å². The first-order valence-corrected chi connectivity index (χ1v) is 5.46. The van der Waals surface area contributed by atoms with Gasteiger partial charge in [0.1, 0.15) is 6.10 Å². The Morgan fingerprint density at radius 2 is 2.00 bits per heavy atom. The quantitative estimate of drug-likeness (QED) is 0.643. The van der Waals surface area contributed by atoms with Crippen molar-refractivity contribution in [2.24, 2.45) is 11.8 Å². The van der Waals surface area contributed by atoms with E-state index in [0.717, 1.165) is 25.2 Å². The van der Waals surface area contributed by atoms with Gasteiger partial charge in [-0.2, -0.15) is 0 Å². The fraction of sp³-hybridized carbons (Fsp3) is 0.909. The molecule has 0 aromatic rings. The third-order valence-electron chi connectivity index (χ3n) is 3.08. The maximum absolute atomic E-state index is 11.1. The Kier molecular flexibility index (Phi) is 4.23. The van der Waals surface area contributed by atoms with Crippen LogP contribution < -0.4 is 0 Å². The first-order chi connectivity index (χ1) is 6.63. The molecule has 0 aromatic carbocycles. The first-order valence-electron chi connectivity index (χ1n) is 5.46. The van der Waals surface area contributed by atoms with Crippen molar-refractivity contribution >= 4 is 6.16 Å². The molecular weight excluding hydrogens is 180 g/mol. The van der Waals surface area contributed by atoms with E-state index in [1.807, 2.05) is 0 Å². The highest BCUT2D eigenvalue weighted by molar-refractivity contribution is 5.60. The van der Waals surface area contributed by atoms with E-state index < -0.39 is 6.16 Å². The standard InChI is InChI=1S/C11H20O3/c1-4-13-11(12)14-10-6-5-8(2)9(3)7-10/h8-10H,4-7H2,1-3H3. The lowest BCUT2D eigenvalue weighted by Crippen LogP contribution is -2.28. The van der Waals surface area contributed by atoms with E-state index in [-0.39, 0.29) is 6.10 Å². The summed E-state index contributed by atoms with van der Waals surface area (Å²) in [7, 11) is 0. The molecule has 3 unspecified atom stereocenters. The van der Waals surface area contributed by atoms with Crippen LogP contribution in [0.1, 0.15) is 40.0 Å². The van der Waals surface area contributed by atoms with Crippen LogP contribution in [-0.4, -0.2) is 18.9 Å². The predicted molar refractivity (Wildman–Crippen MR) is 54.1 cm³/mol. The normalized spacial score (nSPS) is 32.4. The molecule has 0 saturated heterocycles. The van der Waals surface area contributed by atoms with E-state index in [4.69, 9.17) is 9.47 Å². The van der Waals surface area contributed by atoms with E-state index in [9.17, 15) is 4.79 Å². The highest BCUT2D eigenvalue weighted by Crippen LogP contribution is 2.30. The molecule has 82 valence electrons. The number of ether oxygens (including phenoxy) is 2. The van der Waals surface area contributed by atoms with Gasteiger partial charge in [-0.05, 0) is 38.0 Å². The fourth-order valence-corrected chi connectivity index (χ4v) is 1.89. The van der Waals surface area contributed by atoms with E-state index in [2.05, 4.69) is 13.8 Å². The zero-order valence-corrected chi connectivity index (χ0v) is 9.29. The fourth-order valence-electron chi connectivity index (χ4n) is 1.89. The third-order valence-corrected chi connectivity index (χ3v) is 3.08. The molecule has 0 spiro atoms. The summed E-state index contributed by atoms with van der Waals surface area (Å²) in [6.07, 6.45) is 2.65. The molecule has 0 bridgehead atoms. The third kappa shape index (κ3) is 3.20. The van der Waals surface area contributed by atoms with E-state index in [1.165, 1.54) is 0 Å². The number of carbonyl (C=O) groups excluding carboxylic acids is 1. The van der Waals surface area contributed by atoms with Crippen molar-refractivity contribution in [2.45, 2.75) is 46.1 Å². The lowest BCUT2D eigenvalue weighted by molar-refractivity contribution is -0.00125. The maximum Gasteiger partial charge on any atom is 0.508 e. The molecule has 1 saturated carbocycles. The average Bonchev–Trinajstić information content (AvgIpc) is 2.12. The number of carbonyl (C=O) groups is 1. The van der Waals surface area contributed by atoms with Gasteiger partial charge in [-0.15, -0.1) is 0 Å². The predicted octanol–water partition coefficient (Wildman–Crippen LogP) is 2.98. The van der Waals surface area contributed by atoms with Crippen molar-refractivity contribution in [1.82, 2.24) is 0 Å². The van der Waals surface area contributed by atoms with Crippen LogP contribution in [0.2, 0.25) is 0 Å². The SMILES string of the molecule is CCOC(=O)OC1CCC(C)C(C)C1. The van der Waals surface area contributed by atoms with Gasteiger partial charge in [0, 0.05) is 0 Å². The van der Waals surface area contributed by atoms with Gasteiger partial charge >= 0.3 is 6.16 Å². The second-order valence-electron chi connectivity index (χ2n) is 4.19. The Morgan fingerprint density at radius 3 is 2.57 bits per heavy atom. The molecule has 3 atom stereocenters. The van der Waals surface area contributed by atoms with Crippen LogP contribution in [0.15, 0.2) is 0 Å². The molecule has 1 aliphatic carbocycles. The van der Waals surface area contributed by atoms with Crippen LogP contribution in [0.3, 0.4) is 0 Å². The van der Waals surface area contributed by atoms with Crippen LogP contribution in [0.4, 0.5) is 4.79 Å². The van der Waals surface area contributed by atoms with Gasteiger partial charge in [-0.3, -0.25) is 0 Å². The van der Waals surface area contributed by atoms with E-state index in [0.29, 0.717) is 12.5 Å². The molecule has 3 heteroatoms. The largest absolute Gasteiger partial charge is 0.508 e. The van der Waals surface area contributed by atoms with Crippen LogP contribution in [0.25, 0.3) is 0 Å². The summed E-state index contributed by atoms with van der Waals surface area (Å²) in [5.41, 5.74) is 0. The van der Waals surface area contributed by atoms with Gasteiger partial charge in [0.25, 0.3) is 0 Å². The molecule has 0 heterocycles. The number of hydrogen-bond acceptors (Lipinski definition) is 3. The van der Waals surface area contributed by atoms with Crippen LogP contribution >= 0.6 is 0 Å². The van der Waals surface area contributed by atoms with Crippen molar-refractivity contribution < 1.29 is 14.3 Å². The second-order valence-corrected chi connectivity index (χ2v) is 4.19. The molecule has 1 rings (SSSR count). The highest BCUT2D eigenvalue weighted by atomic mass is 16.7. The molecule has 0 amide bonds. The van der Waals surface area contributed by atoms with Gasteiger partial charge in [0.2, 0.25) is 0 Å². The summed E-state index contributed by atoms with van der Waals surface area (Å²) in [6.45, 7) is 6.64. The van der Waals surface area contributed by atoms with Gasteiger partial charge in [-0.1, -0.05) is 13.8 Å². The van der Waals surface area contributed by atoms with Crippen LogP contribution in [-0.2, 0) is 9.47 Å². The van der Waals surface area contributed by atoms with Gasteiger partial charge in [0.15, 0.2) is 0 Å². The van der Waals surface area contributed by atoms with Crippen molar-refractivity contribution in [3.05, 3.63) is 0 Å². The maximum atomic E-state index is 11.1. The van der Waals surface area contributed by atoms with Gasteiger partial charge < -0.3 is 9.47 Å². The minimum absolute atomic E-state index is 0.0697. The summed E-state index contributed by atoms with van der Waals surface area (Å²) in [5.74, 6) is 1.39. The molecule has 0 radical (unpaired) electrons. The van der Waals surface area contributed by atoms with Gasteiger partial charge in [0.05, 0.1) is 6.61 Å². The second kappa shape index (κ2) is 5.23. The first kappa shape index (κ1) is 11.3. The van der Waals surface area contributed by atoms with Crippen molar-refractivity contribution in [3.63, 3.8) is 0 Å². The lowest BCUT2D eigenvalue weighted by Gasteiger charge is -2.31. The topological polar surface area (TPSA) is 35.5 Å². The summed E-state index contributed by atoms with van der Waals surface area (Å²) in [4.78, 5) is 11.1. The molecule has 0 aromatic heterocycles. The molecule has 3 nitrogen and oxygen atoms in total. The monoisotopic (exact) mass is 200 g/mol. The van der Waals surface area contributed by atoms with Crippen molar-refractivity contribution in [2.75, 3.05) is 6.61 Å². The number of rotatable bonds is 2. The zero-order valence-electron chi connectivity index (χ0n) is 9.29. The molecule has 14 heavy (non-hydrogen) atoms. The van der Waals surface area contributed by atoms with Crippen LogP contribution in [0.5, 0.6) is 0 Å². The van der Waals surface area contributed by atoms with Crippen molar-refractivity contribution in [1.29, 1.82) is 0 Å². The smallest absolute Gasteiger partial charge is 0.435 e. The average molecular weight is 200 g/mol.